The molecule has 0 bridgehead atoms. The molecule has 1 atom stereocenters. The molecule has 1 rings (SSSR count). The fourth-order valence-corrected chi connectivity index (χ4v) is 2.52. The molecular weight excluding hydrogens is 238 g/mol. The maximum atomic E-state index is 11.6. The molecular formula is C12H15NO3S. The first-order chi connectivity index (χ1) is 7.86. The molecule has 0 radical (unpaired) electrons. The van der Waals surface area contributed by atoms with Gasteiger partial charge in [-0.15, -0.1) is 0 Å². The molecule has 0 saturated heterocycles. The van der Waals surface area contributed by atoms with Crippen LogP contribution in [0.15, 0.2) is 41.8 Å². The molecule has 17 heavy (non-hydrogen) atoms. The van der Waals surface area contributed by atoms with Gasteiger partial charge in [0.05, 0.1) is 10.9 Å². The second kappa shape index (κ2) is 5.14. The van der Waals surface area contributed by atoms with E-state index in [1.54, 1.807) is 25.1 Å². The van der Waals surface area contributed by atoms with Crippen LogP contribution in [0.3, 0.4) is 0 Å². The van der Waals surface area contributed by atoms with Crippen molar-refractivity contribution in [3.63, 3.8) is 0 Å². The number of nitrogens with one attached hydrogen (secondary N) is 1. The maximum Gasteiger partial charge on any atom is 0.243 e. The topological polar surface area (TPSA) is 63.2 Å². The Balaban J connectivity index is 3.14. The van der Waals surface area contributed by atoms with Crippen molar-refractivity contribution in [1.82, 2.24) is 5.32 Å². The van der Waals surface area contributed by atoms with Crippen LogP contribution in [0.4, 0.5) is 0 Å². The lowest BCUT2D eigenvalue weighted by Gasteiger charge is -2.16. The van der Waals surface area contributed by atoms with Gasteiger partial charge in [-0.2, -0.15) is 0 Å². The highest BCUT2D eigenvalue weighted by atomic mass is 32.2. The van der Waals surface area contributed by atoms with Gasteiger partial charge in [-0.05, 0) is 24.6 Å². The SMILES string of the molecule is C=CC(=O)NC(C)c1ccccc1S(C)(=O)=O. The predicted molar refractivity (Wildman–Crippen MR) is 66.3 cm³/mol. The van der Waals surface area contributed by atoms with Crippen molar-refractivity contribution in [1.29, 1.82) is 0 Å². The average molecular weight is 253 g/mol. The summed E-state index contributed by atoms with van der Waals surface area (Å²) < 4.78 is 23.2. The number of sulfone groups is 1. The molecule has 1 unspecified atom stereocenters. The van der Waals surface area contributed by atoms with E-state index in [4.69, 9.17) is 0 Å². The molecule has 0 aliphatic heterocycles. The fraction of sp³-hybridized carbons (Fsp3) is 0.250. The first-order valence-electron chi connectivity index (χ1n) is 5.08. The number of amides is 1. The van der Waals surface area contributed by atoms with Crippen molar-refractivity contribution < 1.29 is 13.2 Å². The van der Waals surface area contributed by atoms with Crippen LogP contribution in [0.2, 0.25) is 0 Å². The second-order valence-electron chi connectivity index (χ2n) is 3.74. The number of carbonyl (C=O) groups excluding carboxylic acids is 1. The van der Waals surface area contributed by atoms with Gasteiger partial charge >= 0.3 is 0 Å². The summed E-state index contributed by atoms with van der Waals surface area (Å²) in [6.07, 6.45) is 2.30. The van der Waals surface area contributed by atoms with Crippen molar-refractivity contribution in [3.8, 4) is 0 Å². The van der Waals surface area contributed by atoms with Gasteiger partial charge in [-0.3, -0.25) is 4.79 Å². The van der Waals surface area contributed by atoms with E-state index in [0.717, 1.165) is 12.3 Å². The van der Waals surface area contributed by atoms with Crippen molar-refractivity contribution in [2.75, 3.05) is 6.26 Å². The Morgan fingerprint density at radius 3 is 2.53 bits per heavy atom. The van der Waals surface area contributed by atoms with Crippen LogP contribution in [0.1, 0.15) is 18.5 Å². The van der Waals surface area contributed by atoms with Crippen molar-refractivity contribution in [3.05, 3.63) is 42.5 Å². The molecule has 0 aliphatic carbocycles. The number of hydrogen-bond donors (Lipinski definition) is 1. The summed E-state index contributed by atoms with van der Waals surface area (Å²) in [5.41, 5.74) is 0.574. The summed E-state index contributed by atoms with van der Waals surface area (Å²) in [7, 11) is -3.30. The van der Waals surface area contributed by atoms with Crippen LogP contribution in [0, 0.1) is 0 Å². The molecule has 0 heterocycles. The number of hydrogen-bond acceptors (Lipinski definition) is 3. The molecule has 4 nitrogen and oxygen atoms in total. The van der Waals surface area contributed by atoms with Crippen LogP contribution in [-0.4, -0.2) is 20.6 Å². The largest absolute Gasteiger partial charge is 0.346 e. The predicted octanol–water partition coefficient (Wildman–Crippen LogP) is 1.45. The molecule has 92 valence electrons. The summed E-state index contributed by atoms with van der Waals surface area (Å²) in [6, 6.07) is 6.22. The Morgan fingerprint density at radius 2 is 2.00 bits per heavy atom. The smallest absolute Gasteiger partial charge is 0.243 e. The van der Waals surface area contributed by atoms with Gasteiger partial charge < -0.3 is 5.32 Å². The zero-order valence-corrected chi connectivity index (χ0v) is 10.6. The molecule has 1 N–H and O–H groups in total. The van der Waals surface area contributed by atoms with Gasteiger partial charge in [0.15, 0.2) is 9.84 Å². The monoisotopic (exact) mass is 253 g/mol. The van der Waals surface area contributed by atoms with Crippen LogP contribution in [0.5, 0.6) is 0 Å². The van der Waals surface area contributed by atoms with E-state index in [-0.39, 0.29) is 16.8 Å². The van der Waals surface area contributed by atoms with Crippen LogP contribution < -0.4 is 5.32 Å². The Kier molecular flexibility index (Phi) is 4.07. The zero-order chi connectivity index (χ0) is 13.1. The summed E-state index contributed by atoms with van der Waals surface area (Å²) in [4.78, 5) is 11.4. The highest BCUT2D eigenvalue weighted by Crippen LogP contribution is 2.21. The molecule has 0 saturated carbocycles. The number of benzene rings is 1. The third-order valence-corrected chi connectivity index (χ3v) is 3.50. The van der Waals surface area contributed by atoms with E-state index in [2.05, 4.69) is 11.9 Å². The number of carbonyl (C=O) groups is 1. The van der Waals surface area contributed by atoms with Gasteiger partial charge in [0, 0.05) is 6.26 Å². The highest BCUT2D eigenvalue weighted by molar-refractivity contribution is 7.90. The molecule has 1 aromatic rings. The third-order valence-electron chi connectivity index (χ3n) is 2.33. The average Bonchev–Trinajstić information content (AvgIpc) is 2.27. The minimum Gasteiger partial charge on any atom is -0.346 e. The normalized spacial score (nSPS) is 12.8. The highest BCUT2D eigenvalue weighted by Gasteiger charge is 2.17. The molecule has 0 spiro atoms. The lowest BCUT2D eigenvalue weighted by atomic mass is 10.1. The van der Waals surface area contributed by atoms with Crippen molar-refractivity contribution in [2.24, 2.45) is 0 Å². The Bertz CT molecular complexity index is 534. The summed E-state index contributed by atoms with van der Waals surface area (Å²) in [5.74, 6) is -0.333. The van der Waals surface area contributed by atoms with E-state index >= 15 is 0 Å². The van der Waals surface area contributed by atoms with E-state index in [1.165, 1.54) is 6.07 Å². The lowest BCUT2D eigenvalue weighted by molar-refractivity contribution is -0.117. The van der Waals surface area contributed by atoms with Crippen molar-refractivity contribution in [2.45, 2.75) is 17.9 Å². The number of rotatable bonds is 4. The van der Waals surface area contributed by atoms with Gasteiger partial charge in [-0.1, -0.05) is 24.8 Å². The first-order valence-corrected chi connectivity index (χ1v) is 6.97. The standard InChI is InChI=1S/C12H15NO3S/c1-4-12(14)13-9(2)10-7-5-6-8-11(10)17(3,15)16/h4-9H,1H2,2-3H3,(H,13,14). The summed E-state index contributed by atoms with van der Waals surface area (Å²) in [5, 5.41) is 2.64. The lowest BCUT2D eigenvalue weighted by Crippen LogP contribution is -2.25. The molecule has 0 fully saturated rings. The Morgan fingerprint density at radius 1 is 1.41 bits per heavy atom. The van der Waals surface area contributed by atoms with E-state index in [1.807, 2.05) is 0 Å². The molecule has 0 aliphatic rings. The summed E-state index contributed by atoms with van der Waals surface area (Å²) >= 11 is 0. The van der Waals surface area contributed by atoms with Gasteiger partial charge in [0.2, 0.25) is 5.91 Å². The summed E-state index contributed by atoms with van der Waals surface area (Å²) in [6.45, 7) is 5.08. The van der Waals surface area contributed by atoms with Gasteiger partial charge in [0.1, 0.15) is 0 Å². The molecule has 1 aromatic carbocycles. The minimum atomic E-state index is -3.30. The fourth-order valence-electron chi connectivity index (χ4n) is 1.53. The maximum absolute atomic E-state index is 11.6. The molecule has 5 heteroatoms. The van der Waals surface area contributed by atoms with Crippen LogP contribution in [-0.2, 0) is 14.6 Å². The zero-order valence-electron chi connectivity index (χ0n) is 9.80. The second-order valence-corrected chi connectivity index (χ2v) is 5.73. The van der Waals surface area contributed by atoms with Gasteiger partial charge in [0.25, 0.3) is 0 Å². The Hall–Kier alpha value is -1.62. The Labute approximate surface area is 101 Å². The minimum absolute atomic E-state index is 0.233. The van der Waals surface area contributed by atoms with Crippen molar-refractivity contribution >= 4 is 15.7 Å². The first kappa shape index (κ1) is 13.4. The quantitative estimate of drug-likeness (QED) is 0.826. The van der Waals surface area contributed by atoms with Crippen LogP contribution in [0.25, 0.3) is 0 Å². The molecule has 1 amide bonds. The van der Waals surface area contributed by atoms with E-state index < -0.39 is 9.84 Å². The molecule has 0 aromatic heterocycles. The third kappa shape index (κ3) is 3.42. The van der Waals surface area contributed by atoms with Gasteiger partial charge in [-0.25, -0.2) is 8.42 Å². The van der Waals surface area contributed by atoms with E-state index in [0.29, 0.717) is 5.56 Å². The van der Waals surface area contributed by atoms with E-state index in [9.17, 15) is 13.2 Å². The van der Waals surface area contributed by atoms with Crippen LogP contribution >= 0.6 is 0 Å².